The van der Waals surface area contributed by atoms with Crippen molar-refractivity contribution in [1.82, 2.24) is 21.4 Å². The van der Waals surface area contributed by atoms with Crippen LogP contribution in [0.3, 0.4) is 0 Å². The Morgan fingerprint density at radius 1 is 0.897 bits per heavy atom. The summed E-state index contributed by atoms with van der Waals surface area (Å²) in [5.74, 6) is 11.5. The summed E-state index contributed by atoms with van der Waals surface area (Å²) in [4.78, 5) is 47.8. The van der Waals surface area contributed by atoms with Gasteiger partial charge in [0.05, 0.1) is 97.0 Å². The highest BCUT2D eigenvalue weighted by atomic mass is 127. The van der Waals surface area contributed by atoms with Crippen LogP contribution < -0.4 is 35.6 Å². The van der Waals surface area contributed by atoms with Crippen LogP contribution in [-0.4, -0.2) is 231 Å². The zero-order valence-electron chi connectivity index (χ0n) is 49.9. The smallest absolute Gasteiger partial charge is 0.411 e. The average Bonchev–Trinajstić information content (AvgIpc) is 1.04. The molecule has 87 heavy (non-hydrogen) atoms. The predicted octanol–water partition coefficient (Wildman–Crippen LogP) is 2.28. The first kappa shape index (κ1) is 69.6. The van der Waals surface area contributed by atoms with Crippen molar-refractivity contribution in [2.45, 2.75) is 181 Å². The Balaban J connectivity index is 1.02. The van der Waals surface area contributed by atoms with Crippen molar-refractivity contribution in [2.75, 3.05) is 67.5 Å². The number of ether oxygens (including phenoxy) is 12. The number of carbonyl (C=O) groups is 3. The van der Waals surface area contributed by atoms with Crippen molar-refractivity contribution >= 4 is 72.9 Å². The lowest BCUT2D eigenvalue weighted by Gasteiger charge is -2.46. The Kier molecular flexibility index (Phi) is 25.4. The van der Waals surface area contributed by atoms with Gasteiger partial charge in [0.15, 0.2) is 41.8 Å². The number of methoxy groups -OCH3 is 5. The molecule has 2 aliphatic carbocycles. The number of ketones is 1. The van der Waals surface area contributed by atoms with Crippen LogP contribution >= 0.6 is 55.9 Å². The van der Waals surface area contributed by atoms with Gasteiger partial charge in [-0.1, -0.05) is 70.0 Å². The molecule has 9 N–H and O–H groups in total. The van der Waals surface area contributed by atoms with Gasteiger partial charge in [0.1, 0.15) is 36.6 Å². The Labute approximate surface area is 531 Å². The minimum atomic E-state index is -2.06. The molecule has 0 spiro atoms. The zero-order valence-corrected chi connectivity index (χ0v) is 54.5. The van der Waals surface area contributed by atoms with Crippen molar-refractivity contribution in [2.24, 2.45) is 0 Å². The van der Waals surface area contributed by atoms with E-state index in [0.29, 0.717) is 26.7 Å². The van der Waals surface area contributed by atoms with Crippen LogP contribution in [0.2, 0.25) is 0 Å². The second-order valence-corrected chi connectivity index (χ2v) is 26.5. The molecule has 7 aliphatic rings. The summed E-state index contributed by atoms with van der Waals surface area (Å²) < 4.78 is 72.8. The van der Waals surface area contributed by atoms with Crippen molar-refractivity contribution in [3.8, 4) is 40.9 Å². The molecule has 5 heterocycles. The minimum Gasteiger partial charge on any atom is -0.492 e. The summed E-state index contributed by atoms with van der Waals surface area (Å²) >= 11 is 2.83. The van der Waals surface area contributed by atoms with Gasteiger partial charge >= 0.3 is 6.09 Å². The highest BCUT2D eigenvalue weighted by molar-refractivity contribution is 14.1. The van der Waals surface area contributed by atoms with E-state index < -0.39 is 127 Å². The number of hydrogen-bond acceptors (Lipinski definition) is 27. The third kappa shape index (κ3) is 16.1. The molecule has 0 saturated carbocycles. The van der Waals surface area contributed by atoms with Gasteiger partial charge in [-0.3, -0.25) is 19.7 Å². The molecule has 482 valence electrons. The van der Waals surface area contributed by atoms with Crippen LogP contribution in [0.4, 0.5) is 4.79 Å². The lowest BCUT2D eigenvalue weighted by Crippen LogP contribution is -2.65. The van der Waals surface area contributed by atoms with Gasteiger partial charge in [-0.15, -0.1) is 0 Å². The summed E-state index contributed by atoms with van der Waals surface area (Å²) in [7, 11) is 10.1. The molecule has 8 rings (SSSR count). The van der Waals surface area contributed by atoms with Gasteiger partial charge in [0.25, 0.3) is 0 Å². The largest absolute Gasteiger partial charge is 0.492 e. The highest BCUT2D eigenvalue weighted by Gasteiger charge is 2.52. The summed E-state index contributed by atoms with van der Waals surface area (Å²) in [5.41, 5.74) is 1.35. The number of carbonyl (C=O) groups excluding carboxylic acids is 3. The van der Waals surface area contributed by atoms with Crippen LogP contribution in [0, 0.1) is 34.2 Å². The van der Waals surface area contributed by atoms with E-state index in [4.69, 9.17) is 61.7 Å². The maximum Gasteiger partial charge on any atom is 0.411 e. The number of allylic oxidation sites excluding steroid dienone is 3. The van der Waals surface area contributed by atoms with Gasteiger partial charge in [0.2, 0.25) is 17.2 Å². The number of aliphatic hydroxyl groups is 5. The van der Waals surface area contributed by atoms with E-state index in [-0.39, 0.29) is 71.2 Å². The number of benzene rings is 1. The molecule has 5 fully saturated rings. The average molecular weight is 1390 g/mol. The number of aliphatic hydroxyl groups excluding tert-OH is 4. The van der Waals surface area contributed by atoms with Gasteiger partial charge in [0, 0.05) is 55.8 Å². The second kappa shape index (κ2) is 31.8. The van der Waals surface area contributed by atoms with Gasteiger partial charge < -0.3 is 93.0 Å². The lowest BCUT2D eigenvalue weighted by atomic mass is 9.75. The van der Waals surface area contributed by atoms with Gasteiger partial charge in [-0.25, -0.2) is 4.79 Å². The molecule has 1 aromatic carbocycles. The number of rotatable bonds is 22. The zero-order chi connectivity index (χ0) is 62.9. The maximum atomic E-state index is 14.5. The number of hydrogen-bond donors (Lipinski definition) is 9. The molecule has 20 atom stereocenters. The molecule has 5 saturated heterocycles. The van der Waals surface area contributed by atoms with E-state index in [1.165, 1.54) is 33.5 Å². The summed E-state index contributed by atoms with van der Waals surface area (Å²) in [6, 6.07) is -1.27. The normalized spacial score (nSPS) is 36.9. The van der Waals surface area contributed by atoms with Crippen molar-refractivity contribution in [1.29, 1.82) is 0 Å². The molecule has 1 amide bonds. The number of thioether (sulfide) groups is 1. The molecule has 0 radical (unpaired) electrons. The number of alkyl carbamates (subject to hydrolysis) is 1. The van der Waals surface area contributed by atoms with E-state index in [1.54, 1.807) is 62.5 Å². The van der Waals surface area contributed by atoms with E-state index in [0.717, 1.165) is 38.4 Å². The Morgan fingerprint density at radius 3 is 2.32 bits per heavy atom. The first-order valence-electron chi connectivity index (χ1n) is 28.6. The van der Waals surface area contributed by atoms with Crippen LogP contribution in [0.5, 0.6) is 17.2 Å². The van der Waals surface area contributed by atoms with E-state index in [1.807, 2.05) is 29.5 Å². The lowest BCUT2D eigenvalue weighted by molar-refractivity contribution is -0.336. The van der Waals surface area contributed by atoms with Crippen molar-refractivity contribution < 1.29 is 102 Å². The Morgan fingerprint density at radius 2 is 1.64 bits per heavy atom. The molecule has 1 aromatic rings. The number of fused-ring (bicyclic) bond motifs is 2. The predicted molar refractivity (Wildman–Crippen MR) is 327 cm³/mol. The summed E-state index contributed by atoms with van der Waals surface area (Å²) in [5, 5.41) is 66.7. The van der Waals surface area contributed by atoms with E-state index in [9.17, 15) is 39.9 Å². The first-order valence-corrected chi connectivity index (χ1v) is 32.9. The van der Waals surface area contributed by atoms with Crippen molar-refractivity contribution in [3.05, 3.63) is 49.8 Å². The monoisotopic (exact) mass is 1390 g/mol. The standard InChI is InChI=1S/C58H79IN4O21S3/c1-11-61-33-26-77-38(23-37(33)72-6)82-51-46(67)43(28(3)79-56(51)81-36-16-14-12-13-15-19-58(71)24-35(65)44(62-57(70)76-10)41(36)32(58)18-21-85-87-31-17-20-60-25-31)63-84-39-22-34(64)53(30(5)78-39)86-54(69)40-27(2)42(59)49(52(75-9)48(40)73-7)83-55-47(68)50(74-8)45(66)29(4)80-55/h12-13,18,28-31,33-34,36-39,43,45-47,50-51,53,55-56,60-61,63-64,66-68,71H,11,17,20-26H2,1-10H3,(H,62,70)/b13-12-,32-18+/t28-,29+,30-,31-,33+,34+,36+,37+,38+,39+,43-,45+,46+,47-,50-,51-,53-,55+,56+,58+/m1/s1. The number of nitrogens with one attached hydrogen (secondary N) is 4. The number of Topliss-reactive ketones (excluding diaryl/α,β-unsaturated/α-hetero) is 1. The molecule has 25 nitrogen and oxygen atoms in total. The van der Waals surface area contributed by atoms with Crippen LogP contribution in [0.1, 0.15) is 69.3 Å². The van der Waals surface area contributed by atoms with E-state index >= 15 is 0 Å². The number of hydroxylamine groups is 1. The molecule has 29 heteroatoms. The molecular weight excluding hydrogens is 1310 g/mol. The third-order valence-electron chi connectivity index (χ3n) is 15.9. The van der Waals surface area contributed by atoms with Crippen LogP contribution in [-0.2, 0) is 52.3 Å². The molecular formula is C58H79IN4O21S3. The SMILES string of the molecule is CCN[C@H]1CO[C@@H](O[C@H]2[C@H](O[C@H]3C#C/C=C\C#C[C@]4(O)CC(=O)C(NC(=O)OC)=C3/C4=C\CSS[C@@H]3CCNC3)O[C@H](C)[C@@H](NO[C@H]3C[C@H](O)[C@H](SC(=O)c4c(C)c(I)c(O[C@@H]5O[C@@H](C)[C@H](O)[C@@H](OC)[C@H]5O)c(OC)c4OC)[C@@H](C)O3)[C@@H]2O)C[C@@H]1OC. The molecule has 0 unspecified atom stereocenters. The quantitative estimate of drug-likeness (QED) is 0.0264. The number of halogens is 1. The van der Waals surface area contributed by atoms with Crippen LogP contribution in [0.15, 0.2) is 35.1 Å². The fraction of sp³-hybridized carbons (Fsp3) is 0.672. The fourth-order valence-electron chi connectivity index (χ4n) is 11.3. The number of likely N-dealkylation sites (N-methyl/N-ethyl adjacent to an activating group) is 1. The fourth-order valence-corrected chi connectivity index (χ4v) is 15.5. The Bertz CT molecular complexity index is 2820. The Hall–Kier alpha value is -3.33. The topological polar surface area (TPSA) is 320 Å². The first-order chi connectivity index (χ1) is 41.7. The van der Waals surface area contributed by atoms with Crippen molar-refractivity contribution in [3.63, 3.8) is 0 Å². The van der Waals surface area contributed by atoms with Gasteiger partial charge in [-0.2, -0.15) is 5.48 Å². The minimum absolute atomic E-state index is 0.00311. The summed E-state index contributed by atoms with van der Waals surface area (Å²) in [6.07, 6.45) is -12.7. The highest BCUT2D eigenvalue weighted by Crippen LogP contribution is 2.49. The van der Waals surface area contributed by atoms with Gasteiger partial charge in [-0.05, 0) is 87.5 Å². The second-order valence-electron chi connectivity index (χ2n) is 21.5. The number of amides is 1. The molecule has 2 bridgehead atoms. The van der Waals surface area contributed by atoms with Crippen LogP contribution in [0.25, 0.3) is 0 Å². The third-order valence-corrected chi connectivity index (χ3v) is 21.3. The molecule has 0 aromatic heterocycles. The van der Waals surface area contributed by atoms with E-state index in [2.05, 4.69) is 45.1 Å². The molecule has 5 aliphatic heterocycles. The maximum absolute atomic E-state index is 14.5. The summed E-state index contributed by atoms with van der Waals surface area (Å²) in [6.45, 7) is 11.2.